The Balaban J connectivity index is 0.000000298. The summed E-state index contributed by atoms with van der Waals surface area (Å²) in [6.45, 7) is 3.66. The molecule has 1 amide bonds. The van der Waals surface area contributed by atoms with E-state index in [1.807, 2.05) is 22.4 Å². The van der Waals surface area contributed by atoms with Crippen molar-refractivity contribution in [2.75, 3.05) is 19.6 Å². The highest BCUT2D eigenvalue weighted by molar-refractivity contribution is 7.07. The SMILES string of the molecule is O=C(O)C(F)(F)F.O=C(c1cscn1)N1CC2CN(Cc3ccc(Cl)cc3)C2C1. The third-order valence-corrected chi connectivity index (χ3v) is 5.66. The van der Waals surface area contributed by atoms with Crippen molar-refractivity contribution in [3.8, 4) is 0 Å². The molecule has 2 aliphatic heterocycles. The summed E-state index contributed by atoms with van der Waals surface area (Å²) in [5.41, 5.74) is 3.56. The van der Waals surface area contributed by atoms with Gasteiger partial charge in [-0.3, -0.25) is 9.69 Å². The van der Waals surface area contributed by atoms with Gasteiger partial charge in [0.15, 0.2) is 0 Å². The molecule has 2 unspecified atom stereocenters. The molecule has 0 spiro atoms. The molecule has 2 fully saturated rings. The lowest BCUT2D eigenvalue weighted by Crippen LogP contribution is -2.54. The molecular formula is C18H17ClF3N3O3S. The molecule has 4 rings (SSSR count). The summed E-state index contributed by atoms with van der Waals surface area (Å²) in [7, 11) is 0. The van der Waals surface area contributed by atoms with Gasteiger partial charge in [0, 0.05) is 48.5 Å². The maximum Gasteiger partial charge on any atom is 0.490 e. The smallest absolute Gasteiger partial charge is 0.475 e. The van der Waals surface area contributed by atoms with Gasteiger partial charge in [-0.2, -0.15) is 13.2 Å². The molecule has 0 radical (unpaired) electrons. The number of benzene rings is 1. The Morgan fingerprint density at radius 1 is 1.21 bits per heavy atom. The molecule has 0 aliphatic carbocycles. The molecule has 1 aromatic heterocycles. The number of likely N-dealkylation sites (tertiary alicyclic amines) is 2. The Kier molecular flexibility index (Phi) is 6.45. The molecule has 0 saturated carbocycles. The van der Waals surface area contributed by atoms with Crippen molar-refractivity contribution in [3.05, 3.63) is 51.4 Å². The topological polar surface area (TPSA) is 73.7 Å². The summed E-state index contributed by atoms with van der Waals surface area (Å²) >= 11 is 7.39. The van der Waals surface area contributed by atoms with Crippen LogP contribution in [-0.2, 0) is 11.3 Å². The van der Waals surface area contributed by atoms with Gasteiger partial charge >= 0.3 is 12.1 Å². The number of halogens is 4. The molecular weight excluding hydrogens is 431 g/mol. The third kappa shape index (κ3) is 5.26. The fraction of sp³-hybridized carbons (Fsp3) is 0.389. The number of carbonyl (C=O) groups excluding carboxylic acids is 1. The maximum absolute atomic E-state index is 12.4. The number of alkyl halides is 3. The summed E-state index contributed by atoms with van der Waals surface area (Å²) < 4.78 is 31.7. The summed E-state index contributed by atoms with van der Waals surface area (Å²) in [5.74, 6) is -2.08. The van der Waals surface area contributed by atoms with Crippen LogP contribution in [-0.4, -0.2) is 63.6 Å². The number of thiazole rings is 1. The van der Waals surface area contributed by atoms with Gasteiger partial charge in [0.25, 0.3) is 5.91 Å². The highest BCUT2D eigenvalue weighted by Crippen LogP contribution is 2.34. The highest BCUT2D eigenvalue weighted by Gasteiger charge is 2.46. The zero-order chi connectivity index (χ0) is 21.2. The number of aliphatic carboxylic acids is 1. The highest BCUT2D eigenvalue weighted by atomic mass is 35.5. The average molecular weight is 448 g/mol. The van der Waals surface area contributed by atoms with Gasteiger partial charge < -0.3 is 10.0 Å². The van der Waals surface area contributed by atoms with Gasteiger partial charge in [-0.05, 0) is 17.7 Å². The van der Waals surface area contributed by atoms with Crippen molar-refractivity contribution in [2.45, 2.75) is 18.8 Å². The fourth-order valence-corrected chi connectivity index (χ4v) is 4.05. The minimum Gasteiger partial charge on any atom is -0.475 e. The summed E-state index contributed by atoms with van der Waals surface area (Å²) in [4.78, 5) is 29.8. The van der Waals surface area contributed by atoms with Gasteiger partial charge in [0.05, 0.1) is 5.51 Å². The first-order chi connectivity index (χ1) is 13.6. The van der Waals surface area contributed by atoms with Crippen molar-refractivity contribution in [3.63, 3.8) is 0 Å². The molecule has 156 valence electrons. The monoisotopic (exact) mass is 447 g/mol. The van der Waals surface area contributed by atoms with Crippen LogP contribution in [0.15, 0.2) is 35.2 Å². The number of rotatable bonds is 3. The molecule has 2 aliphatic rings. The Bertz CT molecular complexity index is 861. The lowest BCUT2D eigenvalue weighted by Gasteiger charge is -2.43. The number of nitrogens with zero attached hydrogens (tertiary/aromatic N) is 3. The second-order valence-electron chi connectivity index (χ2n) is 6.77. The van der Waals surface area contributed by atoms with E-state index >= 15 is 0 Å². The number of carbonyl (C=O) groups is 2. The van der Waals surface area contributed by atoms with E-state index in [1.165, 1.54) is 16.9 Å². The molecule has 2 atom stereocenters. The van der Waals surface area contributed by atoms with E-state index in [0.29, 0.717) is 17.7 Å². The molecule has 29 heavy (non-hydrogen) atoms. The van der Waals surface area contributed by atoms with E-state index in [0.717, 1.165) is 31.2 Å². The zero-order valence-corrected chi connectivity index (χ0v) is 16.5. The standard InChI is InChI=1S/C16H16ClN3OS.C2HF3O2/c17-13-3-1-11(2-4-13)5-19-6-12-7-20(8-15(12)19)16(21)14-9-22-10-18-14;3-2(4,5)1(6)7/h1-4,9-10,12,15H,5-8H2;(H,6,7). The van der Waals surface area contributed by atoms with Crippen molar-refractivity contribution >= 4 is 34.8 Å². The van der Waals surface area contributed by atoms with Crippen molar-refractivity contribution in [2.24, 2.45) is 5.92 Å². The molecule has 3 heterocycles. The molecule has 2 saturated heterocycles. The Hall–Kier alpha value is -2.17. The third-order valence-electron chi connectivity index (χ3n) is 4.82. The van der Waals surface area contributed by atoms with E-state index in [9.17, 15) is 18.0 Å². The predicted octanol–water partition coefficient (Wildman–Crippen LogP) is 3.39. The van der Waals surface area contributed by atoms with E-state index in [-0.39, 0.29) is 5.91 Å². The Morgan fingerprint density at radius 2 is 1.86 bits per heavy atom. The largest absolute Gasteiger partial charge is 0.490 e. The minimum atomic E-state index is -5.08. The summed E-state index contributed by atoms with van der Waals surface area (Å²) in [6.07, 6.45) is -5.08. The van der Waals surface area contributed by atoms with E-state index < -0.39 is 12.1 Å². The molecule has 2 aromatic rings. The van der Waals surface area contributed by atoms with E-state index in [4.69, 9.17) is 21.5 Å². The van der Waals surface area contributed by atoms with Crippen LogP contribution < -0.4 is 0 Å². The number of carboxylic acid groups (broad SMARTS) is 1. The van der Waals surface area contributed by atoms with Crippen molar-refractivity contribution in [1.29, 1.82) is 0 Å². The van der Waals surface area contributed by atoms with Crippen LogP contribution in [0.3, 0.4) is 0 Å². The van der Waals surface area contributed by atoms with Crippen molar-refractivity contribution < 1.29 is 27.9 Å². The van der Waals surface area contributed by atoms with E-state index in [1.54, 1.807) is 5.51 Å². The lowest BCUT2D eigenvalue weighted by molar-refractivity contribution is -0.192. The van der Waals surface area contributed by atoms with Crippen LogP contribution >= 0.6 is 22.9 Å². The van der Waals surface area contributed by atoms with Crippen LogP contribution in [0.2, 0.25) is 5.02 Å². The second kappa shape index (κ2) is 8.68. The Morgan fingerprint density at radius 3 is 2.41 bits per heavy atom. The number of hydrogen-bond donors (Lipinski definition) is 1. The van der Waals surface area contributed by atoms with Crippen LogP contribution in [0.4, 0.5) is 13.2 Å². The molecule has 11 heteroatoms. The maximum atomic E-state index is 12.4. The van der Waals surface area contributed by atoms with Gasteiger partial charge in [-0.25, -0.2) is 9.78 Å². The molecule has 6 nitrogen and oxygen atoms in total. The first kappa shape index (κ1) is 21.5. The molecule has 1 aromatic carbocycles. The second-order valence-corrected chi connectivity index (χ2v) is 7.93. The first-order valence-electron chi connectivity index (χ1n) is 8.61. The fourth-order valence-electron chi connectivity index (χ4n) is 3.40. The number of fused-ring (bicyclic) bond motifs is 1. The number of amides is 1. The van der Waals surface area contributed by atoms with Crippen LogP contribution in [0.25, 0.3) is 0 Å². The number of carboxylic acids is 1. The Labute approximate surface area is 173 Å². The lowest BCUT2D eigenvalue weighted by atomic mass is 9.91. The van der Waals surface area contributed by atoms with Gasteiger partial charge in [-0.1, -0.05) is 23.7 Å². The quantitative estimate of drug-likeness (QED) is 0.780. The molecule has 1 N–H and O–H groups in total. The number of hydrogen-bond acceptors (Lipinski definition) is 5. The van der Waals surface area contributed by atoms with Crippen LogP contribution in [0, 0.1) is 5.92 Å². The molecule has 0 bridgehead atoms. The van der Waals surface area contributed by atoms with Gasteiger partial charge in [0.2, 0.25) is 0 Å². The van der Waals surface area contributed by atoms with Gasteiger partial charge in [-0.15, -0.1) is 11.3 Å². The van der Waals surface area contributed by atoms with Crippen LogP contribution in [0.1, 0.15) is 16.1 Å². The predicted molar refractivity (Wildman–Crippen MR) is 101 cm³/mol. The zero-order valence-electron chi connectivity index (χ0n) is 15.0. The normalized spacial score (nSPS) is 21.0. The van der Waals surface area contributed by atoms with Gasteiger partial charge in [0.1, 0.15) is 5.69 Å². The number of aromatic nitrogens is 1. The van der Waals surface area contributed by atoms with E-state index in [2.05, 4.69) is 22.0 Å². The average Bonchev–Trinajstić information content (AvgIpc) is 3.29. The summed E-state index contributed by atoms with van der Waals surface area (Å²) in [6, 6.07) is 8.49. The van der Waals surface area contributed by atoms with Crippen LogP contribution in [0.5, 0.6) is 0 Å². The summed E-state index contributed by atoms with van der Waals surface area (Å²) in [5, 5.41) is 9.72. The minimum absolute atomic E-state index is 0.0714. The van der Waals surface area contributed by atoms with Crippen molar-refractivity contribution in [1.82, 2.24) is 14.8 Å². The first-order valence-corrected chi connectivity index (χ1v) is 9.93.